The van der Waals surface area contributed by atoms with Gasteiger partial charge in [-0.05, 0) is 24.3 Å². The third-order valence-electron chi connectivity index (χ3n) is 5.25. The summed E-state index contributed by atoms with van der Waals surface area (Å²) in [6, 6.07) is 18.4. The summed E-state index contributed by atoms with van der Waals surface area (Å²) >= 11 is 0. The maximum absolute atomic E-state index is 12.7. The van der Waals surface area contributed by atoms with Crippen LogP contribution in [0.5, 0.6) is 6.01 Å². The molecule has 0 spiro atoms. The smallest absolute Gasteiger partial charge is 0.338 e. The Hall–Kier alpha value is -3.98. The fourth-order valence-electron chi connectivity index (χ4n) is 3.71. The van der Waals surface area contributed by atoms with E-state index < -0.39 is 42.0 Å². The first-order valence-corrected chi connectivity index (χ1v) is 10.00. The minimum absolute atomic E-state index is 0.0768. The highest BCUT2D eigenvalue weighted by Gasteiger charge is 2.54. The van der Waals surface area contributed by atoms with Crippen LogP contribution in [-0.2, 0) is 14.2 Å². The molecule has 0 N–H and O–H groups in total. The van der Waals surface area contributed by atoms with Gasteiger partial charge in [-0.3, -0.25) is 9.36 Å². The molecule has 3 aromatic rings. The molecule has 5 rings (SSSR count). The molecule has 0 amide bonds. The van der Waals surface area contributed by atoms with Crippen LogP contribution in [0, 0.1) is 0 Å². The molecule has 1 fully saturated rings. The van der Waals surface area contributed by atoms with Crippen molar-refractivity contribution < 1.29 is 28.5 Å². The third-order valence-corrected chi connectivity index (χ3v) is 5.25. The monoisotopic (exact) mass is 434 g/mol. The summed E-state index contributed by atoms with van der Waals surface area (Å²) in [5.74, 6) is -1.09. The lowest BCUT2D eigenvalue weighted by molar-refractivity contribution is -0.0574. The molecule has 0 bridgehead atoms. The molecule has 2 aromatic carbocycles. The number of aromatic nitrogens is 2. The van der Waals surface area contributed by atoms with Gasteiger partial charge in [0, 0.05) is 12.3 Å². The minimum atomic E-state index is -0.895. The molecule has 3 heterocycles. The van der Waals surface area contributed by atoms with Gasteiger partial charge < -0.3 is 18.9 Å². The maximum Gasteiger partial charge on any atom is 0.338 e. The number of esters is 2. The van der Waals surface area contributed by atoms with Gasteiger partial charge in [0.2, 0.25) is 0 Å². The Labute approximate surface area is 182 Å². The van der Waals surface area contributed by atoms with Crippen molar-refractivity contribution >= 4 is 11.9 Å². The van der Waals surface area contributed by atoms with Crippen LogP contribution in [0.4, 0.5) is 0 Å². The Morgan fingerprint density at radius 2 is 1.59 bits per heavy atom. The first-order chi connectivity index (χ1) is 15.6. The van der Waals surface area contributed by atoms with E-state index in [2.05, 4.69) is 4.98 Å². The second-order valence-corrected chi connectivity index (χ2v) is 7.30. The second-order valence-electron chi connectivity index (χ2n) is 7.30. The second kappa shape index (κ2) is 8.27. The van der Waals surface area contributed by atoms with Crippen LogP contribution < -0.4 is 10.3 Å². The highest BCUT2D eigenvalue weighted by molar-refractivity contribution is 5.90. The summed E-state index contributed by atoms with van der Waals surface area (Å²) in [5, 5.41) is 0. The number of nitrogens with zero attached hydrogens (tertiary/aromatic N) is 2. The molecule has 2 aliphatic heterocycles. The fourth-order valence-corrected chi connectivity index (χ4v) is 3.71. The van der Waals surface area contributed by atoms with Gasteiger partial charge in [0.05, 0.1) is 11.1 Å². The molecule has 0 saturated carbocycles. The molecule has 9 nitrogen and oxygen atoms in total. The zero-order chi connectivity index (χ0) is 22.1. The molecule has 162 valence electrons. The van der Waals surface area contributed by atoms with E-state index in [4.69, 9.17) is 18.9 Å². The van der Waals surface area contributed by atoms with Gasteiger partial charge in [0.15, 0.2) is 18.4 Å². The number of ether oxygens (including phenoxy) is 4. The maximum atomic E-state index is 12.7. The first-order valence-electron chi connectivity index (χ1n) is 10.00. The van der Waals surface area contributed by atoms with Crippen molar-refractivity contribution in [2.45, 2.75) is 24.5 Å². The van der Waals surface area contributed by atoms with Crippen molar-refractivity contribution in [2.75, 3.05) is 6.61 Å². The average Bonchev–Trinajstić information content (AvgIpc) is 3.34. The van der Waals surface area contributed by atoms with E-state index in [-0.39, 0.29) is 12.6 Å². The molecular weight excluding hydrogens is 416 g/mol. The summed E-state index contributed by atoms with van der Waals surface area (Å²) in [6.07, 6.45) is -1.61. The summed E-state index contributed by atoms with van der Waals surface area (Å²) < 4.78 is 24.5. The van der Waals surface area contributed by atoms with E-state index in [1.165, 1.54) is 12.3 Å². The lowest BCUT2D eigenvalue weighted by Crippen LogP contribution is -2.40. The van der Waals surface area contributed by atoms with Crippen molar-refractivity contribution in [3.63, 3.8) is 0 Å². The third kappa shape index (κ3) is 3.74. The summed E-state index contributed by atoms with van der Waals surface area (Å²) in [5.41, 5.74) is 0.299. The van der Waals surface area contributed by atoms with Crippen molar-refractivity contribution in [2.24, 2.45) is 0 Å². The van der Waals surface area contributed by atoms with Crippen LogP contribution in [0.15, 0.2) is 77.7 Å². The van der Waals surface area contributed by atoms with Gasteiger partial charge in [0.25, 0.3) is 5.56 Å². The fraction of sp³-hybridized carbons (Fsp3) is 0.217. The van der Waals surface area contributed by atoms with Gasteiger partial charge in [-0.25, -0.2) is 9.59 Å². The van der Waals surface area contributed by atoms with Gasteiger partial charge in [-0.15, -0.1) is 0 Å². The van der Waals surface area contributed by atoms with Crippen LogP contribution in [0.2, 0.25) is 0 Å². The number of rotatable bonds is 5. The first kappa shape index (κ1) is 20.0. The molecule has 4 atom stereocenters. The lowest BCUT2D eigenvalue weighted by atomic mass is 10.1. The molecule has 4 unspecified atom stereocenters. The standard InChI is InChI=1S/C23H18N2O7/c26-17-11-12-25-20-19(32-23(25)24-17)18(31-22(28)15-9-5-2-6-10-15)16(30-20)13-29-21(27)14-7-3-1-4-8-14/h1-12,16,18-20H,13H2. The molecule has 0 radical (unpaired) electrons. The van der Waals surface area contributed by atoms with E-state index in [1.54, 1.807) is 65.2 Å². The van der Waals surface area contributed by atoms with E-state index >= 15 is 0 Å². The number of hydrogen-bond donors (Lipinski definition) is 0. The quantitative estimate of drug-likeness (QED) is 0.562. The Bertz CT molecular complexity index is 1200. The van der Waals surface area contributed by atoms with Crippen LogP contribution in [0.25, 0.3) is 0 Å². The van der Waals surface area contributed by atoms with Crippen molar-refractivity contribution in [1.29, 1.82) is 0 Å². The number of benzene rings is 2. The zero-order valence-corrected chi connectivity index (χ0v) is 16.7. The zero-order valence-electron chi connectivity index (χ0n) is 16.7. The Kier molecular flexibility index (Phi) is 5.16. The molecule has 1 aromatic heterocycles. The number of carbonyl (C=O) groups is 2. The van der Waals surface area contributed by atoms with Gasteiger partial charge in [-0.2, -0.15) is 4.98 Å². The van der Waals surface area contributed by atoms with Gasteiger partial charge in [-0.1, -0.05) is 36.4 Å². The van der Waals surface area contributed by atoms with Crippen LogP contribution >= 0.6 is 0 Å². The van der Waals surface area contributed by atoms with Crippen molar-refractivity contribution in [1.82, 2.24) is 9.55 Å². The van der Waals surface area contributed by atoms with E-state index in [0.717, 1.165) is 0 Å². The highest BCUT2D eigenvalue weighted by atomic mass is 16.7. The topological polar surface area (TPSA) is 106 Å². The minimum Gasteiger partial charge on any atom is -0.459 e. The van der Waals surface area contributed by atoms with Gasteiger partial charge >= 0.3 is 17.9 Å². The Morgan fingerprint density at radius 1 is 0.938 bits per heavy atom. The van der Waals surface area contributed by atoms with E-state index in [1.807, 2.05) is 0 Å². The SMILES string of the molecule is O=C(OCC1OC2C(Oc3nc(=O)ccn32)C1OC(=O)c1ccccc1)c1ccccc1. The van der Waals surface area contributed by atoms with Crippen LogP contribution in [0.1, 0.15) is 26.9 Å². The summed E-state index contributed by atoms with van der Waals surface area (Å²) in [4.78, 5) is 40.5. The highest BCUT2D eigenvalue weighted by Crippen LogP contribution is 2.40. The summed E-state index contributed by atoms with van der Waals surface area (Å²) in [6.45, 7) is -0.153. The molecular formula is C23H18N2O7. The average molecular weight is 434 g/mol. The Balaban J connectivity index is 1.37. The number of hydrogen-bond acceptors (Lipinski definition) is 8. The van der Waals surface area contributed by atoms with Crippen molar-refractivity contribution in [3.8, 4) is 6.01 Å². The van der Waals surface area contributed by atoms with E-state index in [0.29, 0.717) is 11.1 Å². The normalized spacial score (nSPS) is 23.0. The molecule has 9 heteroatoms. The Morgan fingerprint density at radius 3 is 2.28 bits per heavy atom. The number of fused-ring (bicyclic) bond motifs is 3. The number of carbonyl (C=O) groups excluding carboxylic acids is 2. The predicted octanol–water partition coefficient (Wildman–Crippen LogP) is 1.98. The lowest BCUT2D eigenvalue weighted by Gasteiger charge is -2.22. The van der Waals surface area contributed by atoms with Crippen molar-refractivity contribution in [3.05, 3.63) is 94.4 Å². The molecule has 1 saturated heterocycles. The molecule has 2 aliphatic rings. The van der Waals surface area contributed by atoms with Gasteiger partial charge in [0.1, 0.15) is 12.7 Å². The largest absolute Gasteiger partial charge is 0.459 e. The predicted molar refractivity (Wildman–Crippen MR) is 109 cm³/mol. The molecule has 32 heavy (non-hydrogen) atoms. The van der Waals surface area contributed by atoms with Crippen LogP contribution in [-0.4, -0.2) is 46.4 Å². The van der Waals surface area contributed by atoms with E-state index in [9.17, 15) is 14.4 Å². The van der Waals surface area contributed by atoms with Crippen LogP contribution in [0.3, 0.4) is 0 Å². The molecule has 0 aliphatic carbocycles. The summed E-state index contributed by atoms with van der Waals surface area (Å²) in [7, 11) is 0.